The lowest BCUT2D eigenvalue weighted by Crippen LogP contribution is -2.50. The van der Waals surface area contributed by atoms with Crippen molar-refractivity contribution in [2.75, 3.05) is 0 Å². The maximum absolute atomic E-state index is 10.9. The third-order valence-corrected chi connectivity index (χ3v) is 2.93. The fourth-order valence-corrected chi connectivity index (χ4v) is 2.18. The number of ether oxygens (including phenoxy) is 1. The molecule has 3 aliphatic rings. The number of nitro groups is 1. The molecular formula is C10H9N3O3. The summed E-state index contributed by atoms with van der Waals surface area (Å²) in [7, 11) is 0. The number of hydrogen-bond acceptors (Lipinski definition) is 5. The van der Waals surface area contributed by atoms with E-state index in [2.05, 4.69) is 5.43 Å². The lowest BCUT2D eigenvalue weighted by Gasteiger charge is -2.39. The van der Waals surface area contributed by atoms with Crippen molar-refractivity contribution in [1.82, 2.24) is 10.4 Å². The fraction of sp³-hybridized carbons (Fsp3) is 0.200. The standard InChI is InChI=1S/C10H9N3O3/c14-13(15)8-2-1-3-10-4-5-11-12(10)6-7-16-9(8)10/h1-2,4-7,11H,3H2. The number of nitrogens with zero attached hydrogens (tertiary/aromatic N) is 2. The summed E-state index contributed by atoms with van der Waals surface area (Å²) in [6.07, 6.45) is 10.7. The number of nitrogens with one attached hydrogen (secondary N) is 1. The van der Waals surface area contributed by atoms with Crippen LogP contribution < -0.4 is 5.43 Å². The minimum absolute atomic E-state index is 0.00829. The van der Waals surface area contributed by atoms with Gasteiger partial charge in [-0.25, -0.2) is 0 Å². The van der Waals surface area contributed by atoms with Gasteiger partial charge in [0.05, 0.1) is 11.1 Å². The van der Waals surface area contributed by atoms with Crippen LogP contribution in [-0.2, 0) is 4.74 Å². The van der Waals surface area contributed by atoms with Crippen LogP contribution in [0.1, 0.15) is 6.42 Å². The average Bonchev–Trinajstić information content (AvgIpc) is 2.69. The maximum Gasteiger partial charge on any atom is 0.309 e. The molecule has 0 aromatic rings. The van der Waals surface area contributed by atoms with Crippen LogP contribution in [0, 0.1) is 10.1 Å². The van der Waals surface area contributed by atoms with E-state index in [-0.39, 0.29) is 5.70 Å². The highest BCUT2D eigenvalue weighted by atomic mass is 16.6. The summed E-state index contributed by atoms with van der Waals surface area (Å²) in [5.41, 5.74) is 2.43. The minimum atomic E-state index is -0.577. The van der Waals surface area contributed by atoms with Crippen LogP contribution in [0.5, 0.6) is 0 Å². The van der Waals surface area contributed by atoms with Gasteiger partial charge in [0, 0.05) is 18.7 Å². The zero-order valence-electron chi connectivity index (χ0n) is 8.29. The monoisotopic (exact) mass is 219 g/mol. The summed E-state index contributed by atoms with van der Waals surface area (Å²) in [5.74, 6) is 0.365. The largest absolute Gasteiger partial charge is 0.458 e. The van der Waals surface area contributed by atoms with Gasteiger partial charge >= 0.3 is 5.70 Å². The zero-order valence-corrected chi connectivity index (χ0v) is 8.29. The third kappa shape index (κ3) is 0.955. The van der Waals surface area contributed by atoms with E-state index in [4.69, 9.17) is 4.74 Å². The molecule has 0 saturated heterocycles. The molecule has 2 aliphatic heterocycles. The smallest absolute Gasteiger partial charge is 0.309 e. The molecule has 0 aromatic carbocycles. The normalized spacial score (nSPS) is 29.6. The van der Waals surface area contributed by atoms with Crippen molar-refractivity contribution in [2.24, 2.45) is 0 Å². The van der Waals surface area contributed by atoms with E-state index >= 15 is 0 Å². The molecule has 3 rings (SSSR count). The summed E-state index contributed by atoms with van der Waals surface area (Å²) in [4.78, 5) is 10.5. The highest BCUT2D eigenvalue weighted by molar-refractivity contribution is 5.40. The van der Waals surface area contributed by atoms with E-state index in [1.165, 1.54) is 12.3 Å². The van der Waals surface area contributed by atoms with E-state index in [0.29, 0.717) is 12.2 Å². The second-order valence-electron chi connectivity index (χ2n) is 3.74. The molecule has 1 aliphatic carbocycles. The first-order chi connectivity index (χ1) is 7.74. The SMILES string of the molecule is O=[N+]([O-])C1=C2OC=CN3NC=CC23CC=C1. The molecule has 0 amide bonds. The van der Waals surface area contributed by atoms with Gasteiger partial charge in [-0.15, -0.1) is 0 Å². The topological polar surface area (TPSA) is 67.6 Å². The first kappa shape index (κ1) is 9.02. The molecule has 0 saturated carbocycles. The van der Waals surface area contributed by atoms with Gasteiger partial charge in [-0.2, -0.15) is 0 Å². The highest BCUT2D eigenvalue weighted by Crippen LogP contribution is 2.40. The molecule has 1 atom stereocenters. The minimum Gasteiger partial charge on any atom is -0.458 e. The number of hydrazine groups is 1. The van der Waals surface area contributed by atoms with Crippen molar-refractivity contribution in [3.05, 3.63) is 58.5 Å². The molecule has 82 valence electrons. The molecule has 0 bridgehead atoms. The van der Waals surface area contributed by atoms with Crippen molar-refractivity contribution in [2.45, 2.75) is 12.0 Å². The van der Waals surface area contributed by atoms with Gasteiger partial charge in [0.25, 0.3) is 0 Å². The van der Waals surface area contributed by atoms with Gasteiger partial charge in [-0.05, 0) is 6.08 Å². The molecular weight excluding hydrogens is 210 g/mol. The van der Waals surface area contributed by atoms with Gasteiger partial charge in [-0.3, -0.25) is 15.1 Å². The molecule has 0 radical (unpaired) electrons. The van der Waals surface area contributed by atoms with E-state index in [1.54, 1.807) is 23.5 Å². The Kier molecular flexibility index (Phi) is 1.62. The Morgan fingerprint density at radius 1 is 1.62 bits per heavy atom. The van der Waals surface area contributed by atoms with Crippen LogP contribution >= 0.6 is 0 Å². The van der Waals surface area contributed by atoms with Gasteiger partial charge in [-0.1, -0.05) is 6.08 Å². The van der Waals surface area contributed by atoms with Crippen LogP contribution in [-0.4, -0.2) is 15.5 Å². The molecule has 0 fully saturated rings. The van der Waals surface area contributed by atoms with Crippen LogP contribution in [0.4, 0.5) is 0 Å². The number of rotatable bonds is 1. The van der Waals surface area contributed by atoms with Gasteiger partial charge in [0.2, 0.25) is 5.76 Å². The van der Waals surface area contributed by atoms with Crippen molar-refractivity contribution >= 4 is 0 Å². The lowest BCUT2D eigenvalue weighted by molar-refractivity contribution is -0.423. The summed E-state index contributed by atoms with van der Waals surface area (Å²) in [6.45, 7) is 0. The van der Waals surface area contributed by atoms with E-state index < -0.39 is 10.5 Å². The van der Waals surface area contributed by atoms with Crippen LogP contribution in [0.25, 0.3) is 0 Å². The van der Waals surface area contributed by atoms with Crippen molar-refractivity contribution in [3.63, 3.8) is 0 Å². The highest BCUT2D eigenvalue weighted by Gasteiger charge is 2.48. The van der Waals surface area contributed by atoms with Crippen LogP contribution in [0.15, 0.2) is 48.3 Å². The van der Waals surface area contributed by atoms with Gasteiger partial charge < -0.3 is 10.2 Å². The molecule has 1 unspecified atom stereocenters. The molecule has 2 heterocycles. The maximum atomic E-state index is 10.9. The predicted octanol–water partition coefficient (Wildman–Crippen LogP) is 1.01. The second kappa shape index (κ2) is 2.88. The average molecular weight is 219 g/mol. The Labute approximate surface area is 91.3 Å². The summed E-state index contributed by atoms with van der Waals surface area (Å²) in [6, 6.07) is 0. The lowest BCUT2D eigenvalue weighted by atomic mass is 9.87. The van der Waals surface area contributed by atoms with E-state index in [0.717, 1.165) is 0 Å². The zero-order chi connectivity index (χ0) is 11.2. The van der Waals surface area contributed by atoms with Crippen molar-refractivity contribution in [3.8, 4) is 0 Å². The number of hydrogen-bond donors (Lipinski definition) is 1. The molecule has 1 spiro atoms. The Bertz CT molecular complexity index is 478. The molecule has 6 heteroatoms. The van der Waals surface area contributed by atoms with Crippen molar-refractivity contribution in [1.29, 1.82) is 0 Å². The van der Waals surface area contributed by atoms with Crippen LogP contribution in [0.3, 0.4) is 0 Å². The Morgan fingerprint density at radius 2 is 2.50 bits per heavy atom. The molecule has 6 nitrogen and oxygen atoms in total. The quantitative estimate of drug-likeness (QED) is 0.526. The van der Waals surface area contributed by atoms with Gasteiger partial charge in [0.15, 0.2) is 0 Å². The van der Waals surface area contributed by atoms with Gasteiger partial charge in [0.1, 0.15) is 11.8 Å². The predicted molar refractivity (Wildman–Crippen MR) is 54.8 cm³/mol. The summed E-state index contributed by atoms with van der Waals surface area (Å²) in [5, 5.41) is 12.7. The summed E-state index contributed by atoms with van der Waals surface area (Å²) < 4.78 is 5.33. The number of allylic oxidation sites excluding steroid dienone is 1. The Morgan fingerprint density at radius 3 is 3.31 bits per heavy atom. The molecule has 1 N–H and O–H groups in total. The first-order valence-corrected chi connectivity index (χ1v) is 4.86. The third-order valence-electron chi connectivity index (χ3n) is 2.93. The Hall–Kier alpha value is -2.24. The first-order valence-electron chi connectivity index (χ1n) is 4.86. The second-order valence-corrected chi connectivity index (χ2v) is 3.74. The van der Waals surface area contributed by atoms with E-state index in [9.17, 15) is 10.1 Å². The van der Waals surface area contributed by atoms with E-state index in [1.807, 2.05) is 6.08 Å². The fourth-order valence-electron chi connectivity index (χ4n) is 2.18. The molecule has 16 heavy (non-hydrogen) atoms. The van der Waals surface area contributed by atoms with Crippen molar-refractivity contribution < 1.29 is 9.66 Å². The Balaban J connectivity index is 2.20. The van der Waals surface area contributed by atoms with Crippen LogP contribution in [0.2, 0.25) is 0 Å². The summed E-state index contributed by atoms with van der Waals surface area (Å²) >= 11 is 0. The molecule has 0 aromatic heterocycles.